The van der Waals surface area contributed by atoms with Crippen LogP contribution in [0.5, 0.6) is 11.5 Å². The van der Waals surface area contributed by atoms with E-state index in [4.69, 9.17) is 20.3 Å². The van der Waals surface area contributed by atoms with E-state index < -0.39 is 0 Å². The number of hydrogen-bond acceptors (Lipinski definition) is 4. The molecule has 0 saturated carbocycles. The molecule has 1 aromatic heterocycles. The van der Waals surface area contributed by atoms with Gasteiger partial charge in [-0.25, -0.2) is 0 Å². The monoisotopic (exact) mass is 311 g/mol. The minimum Gasteiger partial charge on any atom is -0.497 e. The Kier molecular flexibility index (Phi) is 3.98. The number of methoxy groups -OCH3 is 2. The van der Waals surface area contributed by atoms with Gasteiger partial charge >= 0.3 is 0 Å². The second kappa shape index (κ2) is 6.09. The van der Waals surface area contributed by atoms with E-state index in [1.54, 1.807) is 43.8 Å². The second-order valence-corrected chi connectivity index (χ2v) is 5.26. The van der Waals surface area contributed by atoms with Crippen molar-refractivity contribution in [1.29, 1.82) is 0 Å². The number of ether oxygens (including phenoxy) is 2. The molecule has 1 fully saturated rings. The van der Waals surface area contributed by atoms with Crippen molar-refractivity contribution in [2.24, 2.45) is 0 Å². The number of rotatable bonds is 5. The van der Waals surface area contributed by atoms with Gasteiger partial charge in [-0.15, -0.1) is 6.42 Å². The summed E-state index contributed by atoms with van der Waals surface area (Å²) in [4.78, 5) is 14.3. The molecule has 0 spiro atoms. The molecule has 0 radical (unpaired) electrons. The summed E-state index contributed by atoms with van der Waals surface area (Å²) in [6.07, 6.45) is 8.62. The summed E-state index contributed by atoms with van der Waals surface area (Å²) in [5.74, 6) is 3.46. The Morgan fingerprint density at radius 3 is 2.74 bits per heavy atom. The van der Waals surface area contributed by atoms with Crippen molar-refractivity contribution < 1.29 is 18.7 Å². The summed E-state index contributed by atoms with van der Waals surface area (Å²) in [6, 6.07) is 7.12. The van der Waals surface area contributed by atoms with Crippen LogP contribution in [-0.4, -0.2) is 31.6 Å². The topological polar surface area (TPSA) is 51.9 Å². The van der Waals surface area contributed by atoms with Gasteiger partial charge < -0.3 is 18.8 Å². The van der Waals surface area contributed by atoms with Crippen LogP contribution < -0.4 is 9.47 Å². The standard InChI is InChI=1S/C18H17NO4/c1-4-8-19-17(12-7-9-23-11-12)16(18(19)20)14-10-13(21-2)5-6-15(14)22-3/h1,5-7,9-11,16-17H,8H2,2-3H3/t16-,17-/m0/s1. The van der Waals surface area contributed by atoms with Crippen LogP contribution in [0.15, 0.2) is 41.2 Å². The van der Waals surface area contributed by atoms with Crippen LogP contribution in [0.4, 0.5) is 0 Å². The number of carbonyl (C=O) groups is 1. The van der Waals surface area contributed by atoms with Crippen LogP contribution in [0.3, 0.4) is 0 Å². The molecule has 1 saturated heterocycles. The number of hydrogen-bond donors (Lipinski definition) is 0. The van der Waals surface area contributed by atoms with E-state index in [0.29, 0.717) is 11.5 Å². The third-order valence-electron chi connectivity index (χ3n) is 4.12. The molecule has 1 amide bonds. The second-order valence-electron chi connectivity index (χ2n) is 5.26. The molecular weight excluding hydrogens is 294 g/mol. The van der Waals surface area contributed by atoms with Gasteiger partial charge in [-0.1, -0.05) is 5.92 Å². The fourth-order valence-corrected chi connectivity index (χ4v) is 3.02. The lowest BCUT2D eigenvalue weighted by Gasteiger charge is -2.46. The first kappa shape index (κ1) is 15.0. The van der Waals surface area contributed by atoms with E-state index in [0.717, 1.165) is 11.1 Å². The minimum atomic E-state index is -0.369. The van der Waals surface area contributed by atoms with Crippen molar-refractivity contribution in [1.82, 2.24) is 4.90 Å². The van der Waals surface area contributed by atoms with Crippen molar-refractivity contribution >= 4 is 5.91 Å². The summed E-state index contributed by atoms with van der Waals surface area (Å²) >= 11 is 0. The fourth-order valence-electron chi connectivity index (χ4n) is 3.02. The van der Waals surface area contributed by atoms with E-state index in [2.05, 4.69) is 5.92 Å². The Hall–Kier alpha value is -2.87. The van der Waals surface area contributed by atoms with Crippen LogP contribution in [0.2, 0.25) is 0 Å². The van der Waals surface area contributed by atoms with Crippen molar-refractivity contribution in [3.63, 3.8) is 0 Å². The molecule has 23 heavy (non-hydrogen) atoms. The molecule has 1 aromatic carbocycles. The number of furan rings is 1. The predicted molar refractivity (Wildman–Crippen MR) is 84.3 cm³/mol. The molecule has 1 aliphatic rings. The zero-order chi connectivity index (χ0) is 16.4. The smallest absolute Gasteiger partial charge is 0.234 e. The quantitative estimate of drug-likeness (QED) is 0.629. The third kappa shape index (κ3) is 2.42. The van der Waals surface area contributed by atoms with Gasteiger partial charge in [-0.3, -0.25) is 4.79 Å². The van der Waals surface area contributed by atoms with Crippen molar-refractivity contribution in [2.45, 2.75) is 12.0 Å². The number of β-lactam (4-membered cyclic amide) rings is 1. The molecule has 5 heteroatoms. The van der Waals surface area contributed by atoms with Crippen LogP contribution in [0.25, 0.3) is 0 Å². The Morgan fingerprint density at radius 2 is 2.13 bits per heavy atom. The van der Waals surface area contributed by atoms with Crippen LogP contribution >= 0.6 is 0 Å². The van der Waals surface area contributed by atoms with Gasteiger partial charge in [0, 0.05) is 11.1 Å². The van der Waals surface area contributed by atoms with Crippen LogP contribution in [0.1, 0.15) is 23.1 Å². The molecule has 118 valence electrons. The molecule has 2 atom stereocenters. The van der Waals surface area contributed by atoms with E-state index in [9.17, 15) is 4.79 Å². The van der Waals surface area contributed by atoms with Crippen molar-refractivity contribution in [2.75, 3.05) is 20.8 Å². The van der Waals surface area contributed by atoms with E-state index >= 15 is 0 Å². The van der Waals surface area contributed by atoms with E-state index in [1.807, 2.05) is 12.1 Å². The molecule has 0 N–H and O–H groups in total. The first-order valence-corrected chi connectivity index (χ1v) is 7.19. The largest absolute Gasteiger partial charge is 0.497 e. The number of terminal acetylenes is 1. The molecule has 5 nitrogen and oxygen atoms in total. The molecule has 3 rings (SSSR count). The van der Waals surface area contributed by atoms with Gasteiger partial charge in [0.25, 0.3) is 0 Å². The number of carbonyl (C=O) groups excluding carboxylic acids is 1. The van der Waals surface area contributed by atoms with Crippen molar-refractivity contribution in [3.05, 3.63) is 47.9 Å². The number of nitrogens with zero attached hydrogens (tertiary/aromatic N) is 1. The van der Waals surface area contributed by atoms with Gasteiger partial charge in [0.05, 0.1) is 45.3 Å². The lowest BCUT2D eigenvalue weighted by atomic mass is 9.78. The maximum atomic E-state index is 12.6. The number of benzene rings is 1. The molecule has 0 unspecified atom stereocenters. The third-order valence-corrected chi connectivity index (χ3v) is 4.12. The average molecular weight is 311 g/mol. The molecular formula is C18H17NO4. The summed E-state index contributed by atoms with van der Waals surface area (Å²) in [5, 5.41) is 0. The van der Waals surface area contributed by atoms with Gasteiger partial charge in [0.15, 0.2) is 0 Å². The van der Waals surface area contributed by atoms with E-state index in [-0.39, 0.29) is 24.4 Å². The maximum absolute atomic E-state index is 12.6. The Morgan fingerprint density at radius 1 is 1.30 bits per heavy atom. The highest BCUT2D eigenvalue weighted by Crippen LogP contribution is 2.49. The van der Waals surface area contributed by atoms with Gasteiger partial charge in [-0.05, 0) is 24.3 Å². The highest BCUT2D eigenvalue weighted by molar-refractivity contribution is 5.92. The lowest BCUT2D eigenvalue weighted by molar-refractivity contribution is -0.149. The number of amides is 1. The Bertz CT molecular complexity index is 745. The molecule has 0 aliphatic carbocycles. The summed E-state index contributed by atoms with van der Waals surface area (Å²) in [5.41, 5.74) is 1.70. The first-order valence-electron chi connectivity index (χ1n) is 7.19. The highest BCUT2D eigenvalue weighted by atomic mass is 16.5. The summed E-state index contributed by atoms with van der Waals surface area (Å²) in [6.45, 7) is 0.261. The van der Waals surface area contributed by atoms with Crippen LogP contribution in [0, 0.1) is 12.3 Å². The molecule has 2 heterocycles. The molecule has 0 bridgehead atoms. The lowest BCUT2D eigenvalue weighted by Crippen LogP contribution is -2.53. The normalized spacial score (nSPS) is 19.9. The summed E-state index contributed by atoms with van der Waals surface area (Å²) in [7, 11) is 3.17. The van der Waals surface area contributed by atoms with E-state index in [1.165, 1.54) is 0 Å². The Labute approximate surface area is 134 Å². The number of likely N-dealkylation sites (tertiary alicyclic amines) is 1. The van der Waals surface area contributed by atoms with Gasteiger partial charge in [0.2, 0.25) is 5.91 Å². The first-order chi connectivity index (χ1) is 11.2. The molecule has 2 aromatic rings. The highest BCUT2D eigenvalue weighted by Gasteiger charge is 2.50. The van der Waals surface area contributed by atoms with Crippen LogP contribution in [-0.2, 0) is 4.79 Å². The summed E-state index contributed by atoms with van der Waals surface area (Å²) < 4.78 is 15.9. The maximum Gasteiger partial charge on any atom is 0.234 e. The average Bonchev–Trinajstić information content (AvgIpc) is 3.10. The minimum absolute atomic E-state index is 0.0271. The fraction of sp³-hybridized carbons (Fsp3) is 0.278. The SMILES string of the molecule is C#CCN1C(=O)[C@@H](c2cc(OC)ccc2OC)[C@@H]1c1ccoc1. The zero-order valence-electron chi connectivity index (χ0n) is 13.0. The zero-order valence-corrected chi connectivity index (χ0v) is 13.0. The van der Waals surface area contributed by atoms with Gasteiger partial charge in [0.1, 0.15) is 11.5 Å². The van der Waals surface area contributed by atoms with Crippen molar-refractivity contribution in [3.8, 4) is 23.8 Å². The van der Waals surface area contributed by atoms with Gasteiger partial charge in [-0.2, -0.15) is 0 Å². The predicted octanol–water partition coefficient (Wildman–Crippen LogP) is 2.60. The Balaban J connectivity index is 2.04. The molecule has 1 aliphatic heterocycles.